The van der Waals surface area contributed by atoms with Crippen LogP contribution in [-0.2, 0) is 14.4 Å². The van der Waals surface area contributed by atoms with Crippen molar-refractivity contribution in [2.24, 2.45) is 5.73 Å². The minimum atomic E-state index is -1.29. The molecule has 1 unspecified atom stereocenters. The second kappa shape index (κ2) is 16.2. The summed E-state index contributed by atoms with van der Waals surface area (Å²) >= 11 is 0. The largest absolute Gasteiger partial charge is 1.00 e. The smallest absolute Gasteiger partial charge is 0.542 e. The molecule has 0 amide bonds. The van der Waals surface area contributed by atoms with Crippen LogP contribution < -0.4 is 57.1 Å². The molecule has 7 heteroatoms. The van der Waals surface area contributed by atoms with E-state index in [1.807, 2.05) is 6.29 Å². The van der Waals surface area contributed by atoms with Crippen molar-refractivity contribution in [1.29, 1.82) is 0 Å². The number of aliphatic carboxylic acids is 2. The van der Waals surface area contributed by atoms with Crippen molar-refractivity contribution >= 4 is 18.2 Å². The number of unbranched alkanes of at least 4 members (excludes halogenated alkanes) is 3. The Balaban J connectivity index is -0.000000224. The third-order valence-corrected chi connectivity index (χ3v) is 1.59. The Bertz CT molecular complexity index is 223. The first-order valence-corrected chi connectivity index (χ1v) is 5.00. The molecule has 0 aromatic rings. The van der Waals surface area contributed by atoms with Gasteiger partial charge in [-0.25, -0.2) is 0 Å². The van der Waals surface area contributed by atoms with Crippen LogP contribution in [0.25, 0.3) is 0 Å². The average Bonchev–Trinajstić information content (AvgIpc) is 2.18. The predicted octanol–water partition coefficient (Wildman–Crippen LogP) is -2.45. The normalized spacial score (nSPS) is 10.2. The zero-order chi connectivity index (χ0) is 13.0. The third-order valence-electron chi connectivity index (χ3n) is 1.59. The van der Waals surface area contributed by atoms with Crippen LogP contribution in [0.2, 0.25) is 0 Å². The molecule has 0 aromatic carbocycles. The monoisotopic (exact) mass is 271 g/mol. The van der Waals surface area contributed by atoms with Crippen LogP contribution in [0.4, 0.5) is 0 Å². The maximum Gasteiger partial charge on any atom is 1.00 e. The summed E-state index contributed by atoms with van der Waals surface area (Å²) in [4.78, 5) is 29.2. The third kappa shape index (κ3) is 22.0. The summed E-state index contributed by atoms with van der Waals surface area (Å²) in [6, 6.07) is -1.29. The molecule has 0 fully saturated rings. The molecule has 94 valence electrons. The second-order valence-corrected chi connectivity index (χ2v) is 3.14. The Morgan fingerprint density at radius 2 is 1.82 bits per heavy atom. The van der Waals surface area contributed by atoms with E-state index in [1.165, 1.54) is 6.42 Å². The van der Waals surface area contributed by atoms with Gasteiger partial charge < -0.3 is 20.7 Å². The van der Waals surface area contributed by atoms with E-state index in [9.17, 15) is 14.4 Å². The fourth-order valence-corrected chi connectivity index (χ4v) is 0.723. The van der Waals surface area contributed by atoms with Gasteiger partial charge in [0.05, 0.1) is 6.42 Å². The van der Waals surface area contributed by atoms with Gasteiger partial charge in [0.15, 0.2) is 0 Å². The minimum absolute atomic E-state index is 0. The molecule has 0 rings (SSSR count). The quantitative estimate of drug-likeness (QED) is 0.269. The first-order valence-electron chi connectivity index (χ1n) is 5.00. The summed E-state index contributed by atoms with van der Waals surface area (Å²) in [5.74, 6) is -2.50. The van der Waals surface area contributed by atoms with E-state index < -0.39 is 24.4 Å². The van der Waals surface area contributed by atoms with E-state index in [1.54, 1.807) is 0 Å². The van der Waals surface area contributed by atoms with Crippen LogP contribution >= 0.6 is 0 Å². The fraction of sp³-hybridized carbons (Fsp3) is 0.700. The summed E-state index contributed by atoms with van der Waals surface area (Å²) in [7, 11) is 0. The summed E-state index contributed by atoms with van der Waals surface area (Å²) in [5, 5.41) is 16.0. The summed E-state index contributed by atoms with van der Waals surface area (Å²) < 4.78 is 0. The van der Waals surface area contributed by atoms with Gasteiger partial charge in [0.25, 0.3) is 0 Å². The maximum atomic E-state index is 9.85. The van der Waals surface area contributed by atoms with Crippen molar-refractivity contribution in [2.45, 2.75) is 45.1 Å². The first-order chi connectivity index (χ1) is 7.45. The van der Waals surface area contributed by atoms with Crippen LogP contribution in [0.5, 0.6) is 0 Å². The Hall–Kier alpha value is 0.206. The minimum Gasteiger partial charge on any atom is -0.542 e. The molecule has 17 heavy (non-hydrogen) atoms. The Labute approximate surface area is 143 Å². The van der Waals surface area contributed by atoms with Crippen LogP contribution in [0.15, 0.2) is 0 Å². The van der Waals surface area contributed by atoms with Crippen LogP contribution in [-0.4, -0.2) is 34.5 Å². The Morgan fingerprint density at radius 1 is 1.29 bits per heavy atom. The fourth-order valence-electron chi connectivity index (χ4n) is 0.723. The maximum absolute atomic E-state index is 9.85. The van der Waals surface area contributed by atoms with Crippen LogP contribution in [0.3, 0.4) is 0 Å². The van der Waals surface area contributed by atoms with Crippen molar-refractivity contribution < 1.29 is 76.0 Å². The van der Waals surface area contributed by atoms with E-state index in [0.717, 1.165) is 12.8 Å². The molecule has 0 aromatic heterocycles. The van der Waals surface area contributed by atoms with Gasteiger partial charge in [-0.1, -0.05) is 26.2 Å². The molecule has 0 radical (unpaired) electrons. The first kappa shape index (κ1) is 22.4. The van der Waals surface area contributed by atoms with E-state index in [0.29, 0.717) is 6.42 Å². The van der Waals surface area contributed by atoms with Gasteiger partial charge in [-0.15, -0.1) is 0 Å². The number of nitrogens with two attached hydrogens (primary N) is 1. The molecule has 0 aliphatic carbocycles. The molecule has 0 spiro atoms. The standard InChI is InChI=1S/C6H11O.C4H7NO4.K/c1-2-3-4-5-6-7;5-2(4(8)9)1-3(6)7;/h2-5H2,1H3;2H,1,5H2,(H,6,7)(H,8,9);/q-1;;+1. The second-order valence-electron chi connectivity index (χ2n) is 3.14. The van der Waals surface area contributed by atoms with Gasteiger partial charge >= 0.3 is 63.3 Å². The summed E-state index contributed by atoms with van der Waals surface area (Å²) in [6.07, 6.45) is 5.30. The molecular formula is C10H18KNO5. The SMILES string of the molecule is CCCCC[C-]=O.NC(CC(=O)O)C(=O)O.[K+]. The molecule has 0 bridgehead atoms. The van der Waals surface area contributed by atoms with Crippen LogP contribution in [0.1, 0.15) is 39.0 Å². The van der Waals surface area contributed by atoms with E-state index in [-0.39, 0.29) is 51.4 Å². The van der Waals surface area contributed by atoms with Crippen LogP contribution in [0, 0.1) is 0 Å². The average molecular weight is 271 g/mol. The number of carboxylic acid groups (broad SMARTS) is 2. The van der Waals surface area contributed by atoms with Gasteiger partial charge in [0.2, 0.25) is 0 Å². The molecule has 0 aliphatic heterocycles. The molecule has 0 saturated carbocycles. The summed E-state index contributed by atoms with van der Waals surface area (Å²) in [5.41, 5.74) is 4.84. The van der Waals surface area contributed by atoms with Gasteiger partial charge in [0, 0.05) is 0 Å². The van der Waals surface area contributed by atoms with Gasteiger partial charge in [0.1, 0.15) is 6.04 Å². The molecule has 1 atom stereocenters. The van der Waals surface area contributed by atoms with E-state index in [2.05, 4.69) is 6.92 Å². The predicted molar refractivity (Wildman–Crippen MR) is 57.7 cm³/mol. The van der Waals surface area contributed by atoms with Crippen molar-refractivity contribution in [2.75, 3.05) is 0 Å². The van der Waals surface area contributed by atoms with Crippen molar-refractivity contribution in [3.05, 3.63) is 0 Å². The number of rotatable bonds is 7. The molecule has 4 N–H and O–H groups in total. The van der Waals surface area contributed by atoms with E-state index >= 15 is 0 Å². The molecular weight excluding hydrogens is 253 g/mol. The molecule has 0 heterocycles. The number of hydrogen-bond donors (Lipinski definition) is 3. The molecule has 0 aliphatic rings. The Morgan fingerprint density at radius 3 is 2.06 bits per heavy atom. The Kier molecular flexibility index (Phi) is 21.3. The van der Waals surface area contributed by atoms with Gasteiger partial charge in [-0.2, -0.15) is 6.42 Å². The van der Waals surface area contributed by atoms with Crippen molar-refractivity contribution in [3.63, 3.8) is 0 Å². The zero-order valence-corrected chi connectivity index (χ0v) is 13.4. The topological polar surface area (TPSA) is 118 Å². The van der Waals surface area contributed by atoms with E-state index in [4.69, 9.17) is 15.9 Å². The number of carbonyl (C=O) groups is 2. The van der Waals surface area contributed by atoms with Gasteiger partial charge in [-0.3, -0.25) is 15.9 Å². The van der Waals surface area contributed by atoms with Crippen molar-refractivity contribution in [3.8, 4) is 0 Å². The van der Waals surface area contributed by atoms with Gasteiger partial charge in [-0.05, 0) is 0 Å². The number of carboxylic acids is 2. The number of carbonyl (C=O) groups excluding carboxylic acids is 1. The van der Waals surface area contributed by atoms with Crippen molar-refractivity contribution in [1.82, 2.24) is 0 Å². The molecule has 0 saturated heterocycles. The molecule has 6 nitrogen and oxygen atoms in total. The number of hydrogen-bond acceptors (Lipinski definition) is 4. The summed E-state index contributed by atoms with van der Waals surface area (Å²) in [6.45, 7) is 2.12. The zero-order valence-electron chi connectivity index (χ0n) is 10.3.